The number of hydrogen-bond acceptors (Lipinski definition) is 2. The molecule has 2 N–H and O–H groups in total. The number of halogens is 2. The van der Waals surface area contributed by atoms with Crippen molar-refractivity contribution in [2.75, 3.05) is 20.1 Å². The van der Waals surface area contributed by atoms with Gasteiger partial charge in [-0.1, -0.05) is 22.9 Å². The van der Waals surface area contributed by atoms with Crippen molar-refractivity contribution in [2.24, 2.45) is 17.6 Å². The highest BCUT2D eigenvalue weighted by Crippen LogP contribution is 2.39. The molecule has 3 atom stereocenters. The van der Waals surface area contributed by atoms with E-state index in [1.807, 2.05) is 13.1 Å². The molecule has 4 heteroatoms. The van der Waals surface area contributed by atoms with Crippen LogP contribution in [0.2, 0.25) is 0 Å². The molecule has 1 saturated carbocycles. The third-order valence-corrected chi connectivity index (χ3v) is 4.36. The van der Waals surface area contributed by atoms with Crippen LogP contribution in [0.15, 0.2) is 22.7 Å². The Labute approximate surface area is 116 Å². The Hall–Kier alpha value is -0.450. The van der Waals surface area contributed by atoms with Crippen molar-refractivity contribution >= 4 is 15.9 Å². The number of hydrogen-bond donors (Lipinski definition) is 1. The average Bonchev–Trinajstić information content (AvgIpc) is 3.00. The highest BCUT2D eigenvalue weighted by molar-refractivity contribution is 9.10. The molecule has 0 amide bonds. The lowest BCUT2D eigenvalue weighted by molar-refractivity contribution is 0.232. The number of likely N-dealkylation sites (N-methyl/N-ethyl adjacent to an activating group) is 1. The van der Waals surface area contributed by atoms with Gasteiger partial charge in [0, 0.05) is 29.2 Å². The summed E-state index contributed by atoms with van der Waals surface area (Å²) in [7, 11) is 2.03. The first kappa shape index (κ1) is 14.0. The number of benzene rings is 1. The largest absolute Gasteiger partial charge is 0.329 e. The van der Waals surface area contributed by atoms with Crippen molar-refractivity contribution in [2.45, 2.75) is 19.4 Å². The molecule has 0 spiro atoms. The fourth-order valence-corrected chi connectivity index (χ4v) is 2.84. The molecular weight excluding hydrogens is 295 g/mol. The van der Waals surface area contributed by atoms with E-state index in [2.05, 4.69) is 27.8 Å². The molecule has 0 bridgehead atoms. The summed E-state index contributed by atoms with van der Waals surface area (Å²) in [5, 5.41) is 0. The van der Waals surface area contributed by atoms with Gasteiger partial charge in [-0.15, -0.1) is 0 Å². The Morgan fingerprint density at radius 2 is 2.22 bits per heavy atom. The fraction of sp³-hybridized carbons (Fsp3) is 0.571. The van der Waals surface area contributed by atoms with Gasteiger partial charge in [-0.3, -0.25) is 4.90 Å². The van der Waals surface area contributed by atoms with Crippen LogP contribution in [0.3, 0.4) is 0 Å². The smallest absolute Gasteiger partial charge is 0.128 e. The zero-order valence-corrected chi connectivity index (χ0v) is 12.5. The zero-order chi connectivity index (χ0) is 13.3. The second-order valence-corrected chi connectivity index (χ2v) is 6.25. The highest BCUT2D eigenvalue weighted by atomic mass is 79.9. The van der Waals surface area contributed by atoms with E-state index in [0.717, 1.165) is 22.9 Å². The van der Waals surface area contributed by atoms with Gasteiger partial charge >= 0.3 is 0 Å². The molecule has 1 aromatic carbocycles. The van der Waals surface area contributed by atoms with Gasteiger partial charge in [0.1, 0.15) is 5.82 Å². The van der Waals surface area contributed by atoms with Crippen LogP contribution in [0.1, 0.15) is 24.9 Å². The maximum Gasteiger partial charge on any atom is 0.128 e. The Morgan fingerprint density at radius 1 is 1.56 bits per heavy atom. The second kappa shape index (κ2) is 5.68. The monoisotopic (exact) mass is 314 g/mol. The van der Waals surface area contributed by atoms with Crippen molar-refractivity contribution in [1.82, 2.24) is 4.90 Å². The molecule has 100 valence electrons. The van der Waals surface area contributed by atoms with Crippen molar-refractivity contribution < 1.29 is 4.39 Å². The maximum atomic E-state index is 13.9. The SMILES string of the molecule is CC1CC1CN(C)C(CN)c1cc(Br)ccc1F. The third kappa shape index (κ3) is 3.11. The van der Waals surface area contributed by atoms with Crippen LogP contribution in [-0.2, 0) is 0 Å². The van der Waals surface area contributed by atoms with Crippen molar-refractivity contribution in [3.05, 3.63) is 34.1 Å². The lowest BCUT2D eigenvalue weighted by Crippen LogP contribution is -2.33. The normalized spacial score (nSPS) is 24.3. The number of nitrogens with zero attached hydrogens (tertiary/aromatic N) is 1. The van der Waals surface area contributed by atoms with E-state index >= 15 is 0 Å². The highest BCUT2D eigenvalue weighted by Gasteiger charge is 2.34. The lowest BCUT2D eigenvalue weighted by atomic mass is 10.0. The Kier molecular flexibility index (Phi) is 4.41. The summed E-state index contributed by atoms with van der Waals surface area (Å²) in [6.07, 6.45) is 1.28. The number of nitrogens with two attached hydrogens (primary N) is 1. The van der Waals surface area contributed by atoms with Gasteiger partial charge in [0.05, 0.1) is 0 Å². The van der Waals surface area contributed by atoms with E-state index in [0.29, 0.717) is 12.1 Å². The topological polar surface area (TPSA) is 29.3 Å². The predicted molar refractivity (Wildman–Crippen MR) is 75.8 cm³/mol. The molecule has 0 aliphatic heterocycles. The van der Waals surface area contributed by atoms with Crippen LogP contribution >= 0.6 is 15.9 Å². The van der Waals surface area contributed by atoms with Crippen LogP contribution in [0.5, 0.6) is 0 Å². The summed E-state index contributed by atoms with van der Waals surface area (Å²) < 4.78 is 14.8. The molecule has 3 unspecified atom stereocenters. The van der Waals surface area contributed by atoms with Gasteiger partial charge < -0.3 is 5.73 Å². The van der Waals surface area contributed by atoms with Crippen molar-refractivity contribution in [3.8, 4) is 0 Å². The maximum absolute atomic E-state index is 13.9. The summed E-state index contributed by atoms with van der Waals surface area (Å²) in [4.78, 5) is 2.18. The molecular formula is C14H20BrFN2. The molecule has 0 aromatic heterocycles. The Balaban J connectivity index is 2.13. The lowest BCUT2D eigenvalue weighted by Gasteiger charge is -2.28. The number of rotatable bonds is 5. The van der Waals surface area contributed by atoms with Crippen molar-refractivity contribution in [3.63, 3.8) is 0 Å². The molecule has 0 heterocycles. The van der Waals surface area contributed by atoms with E-state index in [4.69, 9.17) is 5.73 Å². The first-order valence-electron chi connectivity index (χ1n) is 6.38. The summed E-state index contributed by atoms with van der Waals surface area (Å²) >= 11 is 3.39. The first-order valence-corrected chi connectivity index (χ1v) is 7.17. The summed E-state index contributed by atoms with van der Waals surface area (Å²) in [5.41, 5.74) is 6.51. The zero-order valence-electron chi connectivity index (χ0n) is 10.9. The molecule has 0 saturated heterocycles. The fourth-order valence-electron chi connectivity index (χ4n) is 2.46. The van der Waals surface area contributed by atoms with E-state index in [1.165, 1.54) is 12.5 Å². The molecule has 0 radical (unpaired) electrons. The molecule has 1 fully saturated rings. The quantitative estimate of drug-likeness (QED) is 0.904. The minimum atomic E-state index is -0.177. The van der Waals surface area contributed by atoms with E-state index in [9.17, 15) is 4.39 Å². The summed E-state index contributed by atoms with van der Waals surface area (Å²) in [5.74, 6) is 1.38. The van der Waals surface area contributed by atoms with E-state index < -0.39 is 0 Å². The minimum absolute atomic E-state index is 0.0460. The molecule has 1 aliphatic carbocycles. The minimum Gasteiger partial charge on any atom is -0.329 e. The van der Waals surface area contributed by atoms with E-state index in [-0.39, 0.29) is 11.9 Å². The predicted octanol–water partition coefficient (Wildman–Crippen LogP) is 3.18. The first-order chi connectivity index (χ1) is 8.52. The van der Waals surface area contributed by atoms with Gasteiger partial charge in [-0.25, -0.2) is 4.39 Å². The molecule has 2 rings (SSSR count). The van der Waals surface area contributed by atoms with E-state index in [1.54, 1.807) is 6.07 Å². The molecule has 18 heavy (non-hydrogen) atoms. The Bertz CT molecular complexity index is 424. The van der Waals surface area contributed by atoms with Gasteiger partial charge in [0.15, 0.2) is 0 Å². The summed E-state index contributed by atoms with van der Waals surface area (Å²) in [6.45, 7) is 3.69. The van der Waals surface area contributed by atoms with Gasteiger partial charge in [0.2, 0.25) is 0 Å². The standard InChI is InChI=1S/C14H20BrFN2/c1-9-5-10(9)8-18(2)14(7-17)12-6-11(15)3-4-13(12)16/h3-4,6,9-10,14H,5,7-8,17H2,1-2H3. The van der Waals surface area contributed by atoms with Crippen molar-refractivity contribution in [1.29, 1.82) is 0 Å². The summed E-state index contributed by atoms with van der Waals surface area (Å²) in [6, 6.07) is 5.00. The van der Waals surface area contributed by atoms with Crippen LogP contribution in [0.25, 0.3) is 0 Å². The van der Waals surface area contributed by atoms with Crippen LogP contribution in [0, 0.1) is 17.7 Å². The van der Waals surface area contributed by atoms with Crippen LogP contribution in [-0.4, -0.2) is 25.0 Å². The van der Waals surface area contributed by atoms with Gasteiger partial charge in [-0.2, -0.15) is 0 Å². The molecule has 1 aliphatic rings. The Morgan fingerprint density at radius 3 is 2.78 bits per heavy atom. The average molecular weight is 315 g/mol. The van der Waals surface area contributed by atoms with Gasteiger partial charge in [0.25, 0.3) is 0 Å². The van der Waals surface area contributed by atoms with Gasteiger partial charge in [-0.05, 0) is 43.5 Å². The van der Waals surface area contributed by atoms with Crippen LogP contribution in [0.4, 0.5) is 4.39 Å². The second-order valence-electron chi connectivity index (χ2n) is 5.33. The molecule has 1 aromatic rings. The van der Waals surface area contributed by atoms with Crippen LogP contribution < -0.4 is 5.73 Å². The molecule has 2 nitrogen and oxygen atoms in total. The third-order valence-electron chi connectivity index (χ3n) is 3.87.